The number of piperidine rings is 1. The molecule has 0 bridgehead atoms. The highest BCUT2D eigenvalue weighted by molar-refractivity contribution is 5.04. The van der Waals surface area contributed by atoms with Crippen LogP contribution in [0, 0.1) is 5.92 Å². The first-order chi connectivity index (χ1) is 11.6. The van der Waals surface area contributed by atoms with E-state index in [1.54, 1.807) is 29.6 Å². The molecule has 3 heterocycles. The highest BCUT2D eigenvalue weighted by Crippen LogP contribution is 2.18. The van der Waals surface area contributed by atoms with E-state index in [1.165, 1.54) is 0 Å². The summed E-state index contributed by atoms with van der Waals surface area (Å²) >= 11 is 0. The van der Waals surface area contributed by atoms with Gasteiger partial charge in [-0.15, -0.1) is 0 Å². The second-order valence-electron chi connectivity index (χ2n) is 6.90. The highest BCUT2D eigenvalue weighted by Gasteiger charge is 2.20. The average Bonchev–Trinajstić information content (AvgIpc) is 3.09. The lowest BCUT2D eigenvalue weighted by atomic mass is 9.96. The third-order valence-electron chi connectivity index (χ3n) is 4.77. The van der Waals surface area contributed by atoms with Crippen molar-refractivity contribution >= 4 is 0 Å². The number of likely N-dealkylation sites (tertiary alicyclic amines) is 1. The lowest BCUT2D eigenvalue weighted by Gasteiger charge is -2.32. The topological polar surface area (TPSA) is 68.8 Å². The summed E-state index contributed by atoms with van der Waals surface area (Å²) in [5.74, 6) is 0.845. The summed E-state index contributed by atoms with van der Waals surface area (Å²) in [6.45, 7) is 8.92. The van der Waals surface area contributed by atoms with Crippen molar-refractivity contribution in [2.45, 2.75) is 45.7 Å². The molecule has 0 spiro atoms. The molecule has 2 aromatic heterocycles. The predicted molar refractivity (Wildman–Crippen MR) is 91.8 cm³/mol. The number of aromatic nitrogens is 5. The Hall–Kier alpha value is -2.02. The second kappa shape index (κ2) is 7.70. The highest BCUT2D eigenvalue weighted by atomic mass is 16.1. The summed E-state index contributed by atoms with van der Waals surface area (Å²) < 4.78 is 3.63. The quantitative estimate of drug-likeness (QED) is 0.800. The molecule has 0 atom stereocenters. The van der Waals surface area contributed by atoms with E-state index < -0.39 is 0 Å². The van der Waals surface area contributed by atoms with Crippen LogP contribution < -0.4 is 5.56 Å². The second-order valence-corrected chi connectivity index (χ2v) is 6.90. The number of rotatable bonds is 6. The minimum atomic E-state index is 0.0716. The molecule has 0 amide bonds. The van der Waals surface area contributed by atoms with Crippen molar-refractivity contribution in [1.29, 1.82) is 0 Å². The van der Waals surface area contributed by atoms with Crippen LogP contribution in [0.3, 0.4) is 0 Å². The van der Waals surface area contributed by atoms with Gasteiger partial charge in [0.05, 0.1) is 18.6 Å². The van der Waals surface area contributed by atoms with Crippen molar-refractivity contribution in [3.8, 4) is 0 Å². The third-order valence-corrected chi connectivity index (χ3v) is 4.77. The standard InChI is InChI=1S/C17H26N6O/c1-14(2)16-9-17(24)22(13-19-16)10-15-3-5-21(6-4-15)7-8-23-12-18-11-20-23/h9,11-15H,3-8,10H2,1-2H3. The summed E-state index contributed by atoms with van der Waals surface area (Å²) in [4.78, 5) is 23.1. The van der Waals surface area contributed by atoms with Crippen LogP contribution in [0.15, 0.2) is 29.8 Å². The van der Waals surface area contributed by atoms with Crippen LogP contribution in [0.25, 0.3) is 0 Å². The minimum absolute atomic E-state index is 0.0716. The van der Waals surface area contributed by atoms with E-state index in [0.717, 1.165) is 51.3 Å². The largest absolute Gasteiger partial charge is 0.301 e. The molecule has 1 fully saturated rings. The van der Waals surface area contributed by atoms with Crippen molar-refractivity contribution in [1.82, 2.24) is 29.2 Å². The molecule has 1 aliphatic rings. The summed E-state index contributed by atoms with van der Waals surface area (Å²) in [6, 6.07) is 1.68. The number of hydrogen-bond donors (Lipinski definition) is 0. The van der Waals surface area contributed by atoms with Crippen LogP contribution in [0.5, 0.6) is 0 Å². The van der Waals surface area contributed by atoms with Gasteiger partial charge in [0.15, 0.2) is 0 Å². The molecule has 0 saturated carbocycles. The van der Waals surface area contributed by atoms with Crippen LogP contribution in [0.4, 0.5) is 0 Å². The zero-order chi connectivity index (χ0) is 16.9. The van der Waals surface area contributed by atoms with Crippen LogP contribution >= 0.6 is 0 Å². The summed E-state index contributed by atoms with van der Waals surface area (Å²) in [5.41, 5.74) is 0.946. The molecule has 1 aliphatic heterocycles. The van der Waals surface area contributed by atoms with Crippen molar-refractivity contribution in [2.75, 3.05) is 19.6 Å². The zero-order valence-corrected chi connectivity index (χ0v) is 14.5. The lowest BCUT2D eigenvalue weighted by molar-refractivity contribution is 0.166. The maximum absolute atomic E-state index is 12.2. The molecular weight excluding hydrogens is 304 g/mol. The lowest BCUT2D eigenvalue weighted by Crippen LogP contribution is -2.38. The molecule has 7 heteroatoms. The molecule has 1 saturated heterocycles. The Morgan fingerprint density at radius 2 is 2.00 bits per heavy atom. The normalized spacial score (nSPS) is 16.8. The summed E-state index contributed by atoms with van der Waals surface area (Å²) in [5, 5.41) is 4.13. The van der Waals surface area contributed by atoms with Gasteiger partial charge in [-0.05, 0) is 37.8 Å². The van der Waals surface area contributed by atoms with Gasteiger partial charge in [0, 0.05) is 19.2 Å². The van der Waals surface area contributed by atoms with Crippen LogP contribution in [0.1, 0.15) is 38.3 Å². The first-order valence-corrected chi connectivity index (χ1v) is 8.73. The van der Waals surface area contributed by atoms with E-state index in [0.29, 0.717) is 11.8 Å². The van der Waals surface area contributed by atoms with E-state index in [-0.39, 0.29) is 5.56 Å². The van der Waals surface area contributed by atoms with E-state index in [1.807, 2.05) is 4.68 Å². The van der Waals surface area contributed by atoms with Crippen molar-refractivity contribution in [3.05, 3.63) is 41.1 Å². The van der Waals surface area contributed by atoms with Gasteiger partial charge >= 0.3 is 0 Å². The van der Waals surface area contributed by atoms with Gasteiger partial charge in [0.1, 0.15) is 12.7 Å². The van der Waals surface area contributed by atoms with Gasteiger partial charge in [0.25, 0.3) is 5.56 Å². The van der Waals surface area contributed by atoms with Gasteiger partial charge in [-0.25, -0.2) is 9.97 Å². The molecule has 130 valence electrons. The fourth-order valence-electron chi connectivity index (χ4n) is 3.16. The molecule has 3 rings (SSSR count). The molecule has 24 heavy (non-hydrogen) atoms. The Bertz CT molecular complexity index is 685. The van der Waals surface area contributed by atoms with Gasteiger partial charge in [-0.2, -0.15) is 5.10 Å². The SMILES string of the molecule is CC(C)c1cc(=O)n(CC2CCN(CCn3cncn3)CC2)cn1. The number of hydrogen-bond acceptors (Lipinski definition) is 5. The molecule has 0 N–H and O–H groups in total. The van der Waals surface area contributed by atoms with Crippen LogP contribution in [-0.2, 0) is 13.1 Å². The molecule has 0 aliphatic carbocycles. The minimum Gasteiger partial charge on any atom is -0.301 e. The van der Waals surface area contributed by atoms with Crippen LogP contribution in [0.2, 0.25) is 0 Å². The Balaban J connectivity index is 1.47. The van der Waals surface area contributed by atoms with Gasteiger partial charge in [-0.1, -0.05) is 13.8 Å². The first-order valence-electron chi connectivity index (χ1n) is 8.73. The molecular formula is C17H26N6O. The maximum atomic E-state index is 12.2. The Kier molecular flexibility index (Phi) is 5.40. The predicted octanol–water partition coefficient (Wildman–Crippen LogP) is 1.37. The van der Waals surface area contributed by atoms with Gasteiger partial charge < -0.3 is 4.90 Å². The van der Waals surface area contributed by atoms with E-state index in [2.05, 4.69) is 33.8 Å². The molecule has 2 aromatic rings. The van der Waals surface area contributed by atoms with Gasteiger partial charge in [-0.3, -0.25) is 14.0 Å². The smallest absolute Gasteiger partial charge is 0.253 e. The molecule has 0 aromatic carbocycles. The van der Waals surface area contributed by atoms with E-state index in [9.17, 15) is 4.79 Å². The maximum Gasteiger partial charge on any atom is 0.253 e. The van der Waals surface area contributed by atoms with Gasteiger partial charge in [0.2, 0.25) is 0 Å². The molecule has 0 radical (unpaired) electrons. The fourth-order valence-corrected chi connectivity index (χ4v) is 3.16. The molecule has 0 unspecified atom stereocenters. The van der Waals surface area contributed by atoms with Crippen molar-refractivity contribution < 1.29 is 0 Å². The first kappa shape index (κ1) is 16.8. The zero-order valence-electron chi connectivity index (χ0n) is 14.5. The summed E-state index contributed by atoms with van der Waals surface area (Å²) in [7, 11) is 0. The van der Waals surface area contributed by atoms with Crippen molar-refractivity contribution in [3.63, 3.8) is 0 Å². The van der Waals surface area contributed by atoms with Crippen molar-refractivity contribution in [2.24, 2.45) is 5.92 Å². The fraction of sp³-hybridized carbons (Fsp3) is 0.647. The third kappa shape index (κ3) is 4.29. The molecule has 7 nitrogen and oxygen atoms in total. The average molecular weight is 330 g/mol. The Morgan fingerprint density at radius 3 is 2.62 bits per heavy atom. The summed E-state index contributed by atoms with van der Waals surface area (Å²) in [6.07, 6.45) is 7.29. The number of nitrogens with zero attached hydrogens (tertiary/aromatic N) is 6. The van der Waals surface area contributed by atoms with E-state index >= 15 is 0 Å². The monoisotopic (exact) mass is 330 g/mol. The Morgan fingerprint density at radius 1 is 1.21 bits per heavy atom. The Labute approximate surface area is 142 Å². The van der Waals surface area contributed by atoms with E-state index in [4.69, 9.17) is 0 Å². The van der Waals surface area contributed by atoms with Crippen LogP contribution in [-0.4, -0.2) is 48.8 Å².